The lowest BCUT2D eigenvalue weighted by molar-refractivity contribution is -0.144. The van der Waals surface area contributed by atoms with Crippen molar-refractivity contribution in [1.82, 2.24) is 4.31 Å². The number of esters is 1. The van der Waals surface area contributed by atoms with Crippen LogP contribution in [0, 0.1) is 0 Å². The second-order valence-electron chi connectivity index (χ2n) is 6.84. The first-order valence-electron chi connectivity index (χ1n) is 9.59. The van der Waals surface area contributed by atoms with Crippen molar-refractivity contribution in [1.29, 1.82) is 0 Å². The molecule has 0 radical (unpaired) electrons. The average Bonchev–Trinajstić information content (AvgIpc) is 2.96. The summed E-state index contributed by atoms with van der Waals surface area (Å²) in [6.07, 6.45) is 2.97. The minimum Gasteiger partial charge on any atom is -0.497 e. The third-order valence-corrected chi connectivity index (χ3v) is 6.90. The average molecular weight is 445 g/mol. The van der Waals surface area contributed by atoms with Crippen LogP contribution in [0.15, 0.2) is 65.6 Å². The zero-order valence-corrected chi connectivity index (χ0v) is 18.3. The van der Waals surface area contributed by atoms with E-state index in [9.17, 15) is 18.0 Å². The fourth-order valence-corrected chi connectivity index (χ4v) is 5.00. The molecule has 1 heterocycles. The minimum absolute atomic E-state index is 0.00733. The standard InChI is InChI=1S/C22H24N2O6S/c1-4-7-21(25)23-15-20(22(26)30-3)24(14-16-8-5-6-9-19(16)23)31(27,28)18-12-10-17(29-2)11-13-18/h4-13,20H,14-15H2,1-3H3. The normalized spacial score (nSPS) is 17.1. The Bertz CT molecular complexity index is 1100. The molecular weight excluding hydrogens is 420 g/mol. The van der Waals surface area contributed by atoms with Gasteiger partial charge in [0.15, 0.2) is 0 Å². The summed E-state index contributed by atoms with van der Waals surface area (Å²) in [6.45, 7) is 1.44. The van der Waals surface area contributed by atoms with Crippen LogP contribution in [0.4, 0.5) is 5.69 Å². The Hall–Kier alpha value is -3.17. The molecule has 0 saturated carbocycles. The zero-order chi connectivity index (χ0) is 22.6. The van der Waals surface area contributed by atoms with Crippen LogP contribution in [0.25, 0.3) is 0 Å². The van der Waals surface area contributed by atoms with E-state index in [2.05, 4.69) is 0 Å². The topological polar surface area (TPSA) is 93.2 Å². The molecule has 0 spiro atoms. The zero-order valence-electron chi connectivity index (χ0n) is 17.5. The Kier molecular flexibility index (Phi) is 6.77. The number of amides is 1. The van der Waals surface area contributed by atoms with Gasteiger partial charge in [-0.15, -0.1) is 0 Å². The van der Waals surface area contributed by atoms with Crippen molar-refractivity contribution in [2.45, 2.75) is 24.4 Å². The first-order valence-corrected chi connectivity index (χ1v) is 11.0. The van der Waals surface area contributed by atoms with Gasteiger partial charge >= 0.3 is 5.97 Å². The van der Waals surface area contributed by atoms with Gasteiger partial charge in [0.2, 0.25) is 10.0 Å². The Morgan fingerprint density at radius 1 is 1.06 bits per heavy atom. The summed E-state index contributed by atoms with van der Waals surface area (Å²) in [5.41, 5.74) is 1.15. The number of sulfonamides is 1. The van der Waals surface area contributed by atoms with Crippen LogP contribution < -0.4 is 9.64 Å². The van der Waals surface area contributed by atoms with Gasteiger partial charge in [-0.3, -0.25) is 9.59 Å². The molecule has 8 nitrogen and oxygen atoms in total. The van der Waals surface area contributed by atoms with E-state index in [1.165, 1.54) is 49.5 Å². The quantitative estimate of drug-likeness (QED) is 0.519. The molecule has 1 unspecified atom stereocenters. The predicted molar refractivity (Wildman–Crippen MR) is 115 cm³/mol. The third kappa shape index (κ3) is 4.47. The van der Waals surface area contributed by atoms with Crippen molar-refractivity contribution in [2.75, 3.05) is 25.7 Å². The number of allylic oxidation sites excluding steroid dienone is 1. The second kappa shape index (κ2) is 9.32. The number of carbonyl (C=O) groups excluding carboxylic acids is 2. The lowest BCUT2D eigenvalue weighted by atomic mass is 10.1. The van der Waals surface area contributed by atoms with Crippen LogP contribution in [0.2, 0.25) is 0 Å². The SMILES string of the molecule is CC=CC(=O)N1CC(C(=O)OC)N(S(=O)(=O)c2ccc(OC)cc2)Cc2ccccc21. The summed E-state index contributed by atoms with van der Waals surface area (Å²) < 4.78 is 38.2. The van der Waals surface area contributed by atoms with Gasteiger partial charge in [-0.2, -0.15) is 4.31 Å². The van der Waals surface area contributed by atoms with Gasteiger partial charge in [0.25, 0.3) is 5.91 Å². The number of rotatable bonds is 5. The number of nitrogens with zero attached hydrogens (tertiary/aromatic N) is 2. The molecule has 3 rings (SSSR count). The van der Waals surface area contributed by atoms with Crippen molar-refractivity contribution in [2.24, 2.45) is 0 Å². The Morgan fingerprint density at radius 3 is 2.35 bits per heavy atom. The molecular formula is C22H24N2O6S. The monoisotopic (exact) mass is 444 g/mol. The molecule has 31 heavy (non-hydrogen) atoms. The van der Waals surface area contributed by atoms with E-state index >= 15 is 0 Å². The summed E-state index contributed by atoms with van der Waals surface area (Å²) in [5, 5.41) is 0. The fourth-order valence-electron chi connectivity index (χ4n) is 3.45. The highest BCUT2D eigenvalue weighted by molar-refractivity contribution is 7.89. The van der Waals surface area contributed by atoms with Crippen molar-refractivity contribution < 1.29 is 27.5 Å². The Balaban J connectivity index is 2.14. The highest BCUT2D eigenvalue weighted by Gasteiger charge is 2.41. The minimum atomic E-state index is -4.10. The van der Waals surface area contributed by atoms with Crippen molar-refractivity contribution in [3.63, 3.8) is 0 Å². The number of hydrogen-bond donors (Lipinski definition) is 0. The number of methoxy groups -OCH3 is 2. The maximum Gasteiger partial charge on any atom is 0.326 e. The van der Waals surface area contributed by atoms with Crippen molar-refractivity contribution in [3.05, 3.63) is 66.2 Å². The first kappa shape index (κ1) is 22.5. The maximum atomic E-state index is 13.5. The summed E-state index contributed by atoms with van der Waals surface area (Å²) >= 11 is 0. The van der Waals surface area contributed by atoms with Gasteiger partial charge in [0.1, 0.15) is 11.8 Å². The lowest BCUT2D eigenvalue weighted by Crippen LogP contribution is -2.50. The number of hydrogen-bond acceptors (Lipinski definition) is 6. The van der Waals surface area contributed by atoms with E-state index in [-0.39, 0.29) is 23.9 Å². The molecule has 0 aromatic heterocycles. The highest BCUT2D eigenvalue weighted by atomic mass is 32.2. The third-order valence-electron chi connectivity index (χ3n) is 5.03. The van der Waals surface area contributed by atoms with Gasteiger partial charge in [-0.05, 0) is 48.9 Å². The van der Waals surface area contributed by atoms with Crippen LogP contribution in [0.1, 0.15) is 12.5 Å². The number of carbonyl (C=O) groups is 2. The largest absolute Gasteiger partial charge is 0.497 e. The molecule has 2 aromatic rings. The Morgan fingerprint density at radius 2 is 1.74 bits per heavy atom. The Labute approximate surface area is 181 Å². The van der Waals surface area contributed by atoms with Crippen LogP contribution in [-0.4, -0.2) is 51.4 Å². The molecule has 0 bridgehead atoms. The van der Waals surface area contributed by atoms with E-state index in [0.717, 1.165) is 4.31 Å². The van der Waals surface area contributed by atoms with Gasteiger partial charge in [0.05, 0.1) is 25.7 Å². The lowest BCUT2D eigenvalue weighted by Gasteiger charge is -2.29. The molecule has 1 aliphatic rings. The molecule has 1 aliphatic heterocycles. The predicted octanol–water partition coefficient (Wildman–Crippen LogP) is 2.35. The molecule has 0 saturated heterocycles. The molecule has 164 valence electrons. The summed E-state index contributed by atoms with van der Waals surface area (Å²) in [4.78, 5) is 26.9. The van der Waals surface area contributed by atoms with Crippen molar-refractivity contribution >= 4 is 27.6 Å². The molecule has 1 amide bonds. The first-order chi connectivity index (χ1) is 14.8. The number of para-hydroxylation sites is 1. The van der Waals surface area contributed by atoms with Crippen LogP contribution in [-0.2, 0) is 30.9 Å². The number of fused-ring (bicyclic) bond motifs is 1. The van der Waals surface area contributed by atoms with E-state index in [1.807, 2.05) is 0 Å². The van der Waals surface area contributed by atoms with E-state index < -0.39 is 22.0 Å². The number of ether oxygens (including phenoxy) is 2. The van der Waals surface area contributed by atoms with E-state index in [4.69, 9.17) is 9.47 Å². The van der Waals surface area contributed by atoms with Gasteiger partial charge in [-0.1, -0.05) is 24.3 Å². The highest BCUT2D eigenvalue weighted by Crippen LogP contribution is 2.32. The number of benzene rings is 2. The van der Waals surface area contributed by atoms with Crippen molar-refractivity contribution in [3.8, 4) is 5.75 Å². The van der Waals surface area contributed by atoms with E-state index in [0.29, 0.717) is 17.0 Å². The van der Waals surface area contributed by atoms with Crippen LogP contribution in [0.3, 0.4) is 0 Å². The fraction of sp³-hybridized carbons (Fsp3) is 0.273. The maximum absolute atomic E-state index is 13.5. The molecule has 0 aliphatic carbocycles. The van der Waals surface area contributed by atoms with E-state index in [1.54, 1.807) is 37.3 Å². The molecule has 9 heteroatoms. The molecule has 2 aromatic carbocycles. The van der Waals surface area contributed by atoms with Crippen LogP contribution in [0.5, 0.6) is 5.75 Å². The molecule has 1 atom stereocenters. The van der Waals surface area contributed by atoms with Gasteiger partial charge < -0.3 is 14.4 Å². The summed E-state index contributed by atoms with van der Waals surface area (Å²) in [5.74, 6) is -0.594. The number of anilines is 1. The van der Waals surface area contributed by atoms with Gasteiger partial charge in [0, 0.05) is 12.2 Å². The molecule has 0 fully saturated rings. The summed E-state index contributed by atoms with van der Waals surface area (Å²) in [6, 6.07) is 11.7. The van der Waals surface area contributed by atoms with Crippen LogP contribution >= 0.6 is 0 Å². The summed E-state index contributed by atoms with van der Waals surface area (Å²) in [7, 11) is -1.42. The van der Waals surface area contributed by atoms with Gasteiger partial charge in [-0.25, -0.2) is 8.42 Å². The molecule has 0 N–H and O–H groups in total. The second-order valence-corrected chi connectivity index (χ2v) is 8.73. The smallest absolute Gasteiger partial charge is 0.326 e.